The molecule has 0 unspecified atom stereocenters. The highest BCUT2D eigenvalue weighted by Gasteiger charge is 2.41. The van der Waals surface area contributed by atoms with Crippen molar-refractivity contribution >= 4 is 28.2 Å². The van der Waals surface area contributed by atoms with Gasteiger partial charge in [-0.25, -0.2) is 13.2 Å². The van der Waals surface area contributed by atoms with Crippen LogP contribution in [-0.2, 0) is 39.1 Å². The molecule has 14 heteroatoms. The molecule has 0 radical (unpaired) electrons. The van der Waals surface area contributed by atoms with Gasteiger partial charge in [-0.2, -0.15) is 4.31 Å². The van der Waals surface area contributed by atoms with Crippen molar-refractivity contribution in [2.75, 3.05) is 33.3 Å². The van der Waals surface area contributed by atoms with Crippen LogP contribution in [0.4, 0.5) is 4.79 Å². The maximum absolute atomic E-state index is 14.3. The summed E-state index contributed by atoms with van der Waals surface area (Å²) >= 11 is 0. The van der Waals surface area contributed by atoms with Gasteiger partial charge in [-0.05, 0) is 53.6 Å². The Bertz CT molecular complexity index is 1740. The number of carbonyl (C=O) groups is 2. The molecule has 3 amide bonds. The molecule has 1 aromatic heterocycles. The molecule has 2 heterocycles. The van der Waals surface area contributed by atoms with Gasteiger partial charge >= 0.3 is 6.03 Å². The number of oxime groups is 1. The first-order valence-electron chi connectivity index (χ1n) is 17.7. The summed E-state index contributed by atoms with van der Waals surface area (Å²) in [7, 11) is -2.47. The summed E-state index contributed by atoms with van der Waals surface area (Å²) in [5.74, 6) is -0.691. The second-order valence-electron chi connectivity index (χ2n) is 13.7. The number of hydrogen-bond acceptors (Lipinski definition) is 9. The fraction of sp³-hybridized carbons (Fsp3) is 0.474. The summed E-state index contributed by atoms with van der Waals surface area (Å²) in [6.07, 6.45) is 0.752. The summed E-state index contributed by atoms with van der Waals surface area (Å²) < 4.78 is 34.3. The summed E-state index contributed by atoms with van der Waals surface area (Å²) in [5.41, 5.74) is 2.84. The van der Waals surface area contributed by atoms with Crippen molar-refractivity contribution in [1.82, 2.24) is 24.4 Å². The number of methoxy groups -OCH3 is 1. The van der Waals surface area contributed by atoms with Gasteiger partial charge in [-0.1, -0.05) is 87.8 Å². The number of pyridine rings is 1. The average molecular weight is 737 g/mol. The first-order chi connectivity index (χ1) is 24.9. The minimum Gasteiger partial charge on any atom is -0.411 e. The lowest BCUT2D eigenvalue weighted by atomic mass is 9.95. The first kappa shape index (κ1) is 40.4. The van der Waals surface area contributed by atoms with Gasteiger partial charge in [-0.3, -0.25) is 9.78 Å². The Morgan fingerprint density at radius 1 is 1.02 bits per heavy atom. The minimum atomic E-state index is -4.07. The molecule has 1 saturated heterocycles. The lowest BCUT2D eigenvalue weighted by Crippen LogP contribution is -2.57. The summed E-state index contributed by atoms with van der Waals surface area (Å²) in [5, 5.41) is 26.7. The van der Waals surface area contributed by atoms with E-state index in [2.05, 4.69) is 15.5 Å². The third-order valence-corrected chi connectivity index (χ3v) is 11.0. The molecule has 282 valence electrons. The van der Waals surface area contributed by atoms with E-state index >= 15 is 0 Å². The Balaban J connectivity index is 1.58. The van der Waals surface area contributed by atoms with Crippen molar-refractivity contribution in [3.05, 3.63) is 95.3 Å². The molecule has 3 N–H and O–H groups in total. The number of carbonyl (C=O) groups excluding carboxylic acids is 2. The Morgan fingerprint density at radius 3 is 2.35 bits per heavy atom. The molecule has 1 fully saturated rings. The largest absolute Gasteiger partial charge is 0.411 e. The van der Waals surface area contributed by atoms with Gasteiger partial charge in [0.2, 0.25) is 15.9 Å². The third kappa shape index (κ3) is 10.6. The number of aromatic nitrogens is 1. The van der Waals surface area contributed by atoms with E-state index in [-0.39, 0.29) is 48.8 Å². The van der Waals surface area contributed by atoms with E-state index < -0.39 is 34.1 Å². The number of rotatable bonds is 19. The van der Waals surface area contributed by atoms with Crippen molar-refractivity contribution in [2.45, 2.75) is 76.8 Å². The van der Waals surface area contributed by atoms with Crippen LogP contribution in [0.15, 0.2) is 82.8 Å². The van der Waals surface area contributed by atoms with Gasteiger partial charge in [-0.15, -0.1) is 0 Å². The van der Waals surface area contributed by atoms with Crippen LogP contribution >= 0.6 is 0 Å². The van der Waals surface area contributed by atoms with Gasteiger partial charge in [0.15, 0.2) is 0 Å². The number of aliphatic hydroxyl groups excluding tert-OH is 1. The Morgan fingerprint density at radius 2 is 1.71 bits per heavy atom. The molecule has 0 spiro atoms. The normalized spacial score (nSPS) is 16.1. The van der Waals surface area contributed by atoms with Crippen LogP contribution < -0.4 is 5.32 Å². The number of benzene rings is 2. The summed E-state index contributed by atoms with van der Waals surface area (Å²) in [4.78, 5) is 36.0. The Hall–Kier alpha value is -4.37. The van der Waals surface area contributed by atoms with Crippen molar-refractivity contribution in [1.29, 1.82) is 0 Å². The van der Waals surface area contributed by atoms with E-state index in [1.807, 2.05) is 76.2 Å². The molecule has 4 atom stereocenters. The smallest absolute Gasteiger partial charge is 0.321 e. The van der Waals surface area contributed by atoms with Gasteiger partial charge in [0.25, 0.3) is 0 Å². The van der Waals surface area contributed by atoms with Crippen LogP contribution in [0.1, 0.15) is 56.6 Å². The molecule has 4 rings (SSSR count). The number of urea groups is 1. The summed E-state index contributed by atoms with van der Waals surface area (Å²) in [6, 6.07) is 18.9. The molecule has 3 aromatic rings. The van der Waals surface area contributed by atoms with Crippen LogP contribution in [0.2, 0.25) is 0 Å². The number of nitrogens with zero attached hydrogens (tertiary/aromatic N) is 5. The zero-order chi connectivity index (χ0) is 37.8. The third-order valence-electron chi connectivity index (χ3n) is 9.20. The highest BCUT2D eigenvalue weighted by Crippen LogP contribution is 2.24. The monoisotopic (exact) mass is 736 g/mol. The van der Waals surface area contributed by atoms with E-state index in [4.69, 9.17) is 9.94 Å². The predicted octanol–water partition coefficient (Wildman–Crippen LogP) is 4.12. The van der Waals surface area contributed by atoms with Crippen molar-refractivity contribution in [2.24, 2.45) is 17.0 Å². The van der Waals surface area contributed by atoms with Crippen molar-refractivity contribution < 1.29 is 33.1 Å². The first-order valence-corrected chi connectivity index (χ1v) is 19.1. The van der Waals surface area contributed by atoms with Gasteiger partial charge < -0.3 is 30.2 Å². The molecule has 1 aliphatic heterocycles. The molecule has 13 nitrogen and oxygen atoms in total. The molecule has 0 bridgehead atoms. The molecule has 1 aliphatic rings. The lowest BCUT2D eigenvalue weighted by Gasteiger charge is -2.35. The molecular formula is C38H52N6O7S. The van der Waals surface area contributed by atoms with Gasteiger partial charge in [0.1, 0.15) is 6.04 Å². The number of sulfonamides is 1. The quantitative estimate of drug-likeness (QED) is 0.0940. The van der Waals surface area contributed by atoms with Crippen molar-refractivity contribution in [3.8, 4) is 0 Å². The van der Waals surface area contributed by atoms with Crippen LogP contribution in [0.3, 0.4) is 0 Å². The van der Waals surface area contributed by atoms with Crippen LogP contribution in [0.25, 0.3) is 0 Å². The fourth-order valence-electron chi connectivity index (χ4n) is 6.35. The zero-order valence-electron chi connectivity index (χ0n) is 30.6. The SMILES string of the molecule is CC[C@H](C)[C@@H](C(=O)N[C@@H](Cc1ccccc1)[C@H](O)CN(CC(C)C)S(=O)(=O)c1ccc(/C=N/O)cc1)N1CCN(Cc2cccc(COC)n2)C1=O. The number of aliphatic hydroxyl groups is 1. The Kier molecular flexibility index (Phi) is 14.7. The zero-order valence-corrected chi connectivity index (χ0v) is 31.4. The van der Waals surface area contributed by atoms with Crippen molar-refractivity contribution in [3.63, 3.8) is 0 Å². The molecule has 52 heavy (non-hydrogen) atoms. The number of amides is 3. The molecule has 0 aliphatic carbocycles. The molecule has 0 saturated carbocycles. The minimum absolute atomic E-state index is 0.0219. The second-order valence-corrected chi connectivity index (χ2v) is 15.6. The van der Waals surface area contributed by atoms with Crippen LogP contribution in [0.5, 0.6) is 0 Å². The topological polar surface area (TPSA) is 165 Å². The predicted molar refractivity (Wildman–Crippen MR) is 198 cm³/mol. The highest BCUT2D eigenvalue weighted by atomic mass is 32.2. The Labute approximate surface area is 307 Å². The fourth-order valence-corrected chi connectivity index (χ4v) is 7.97. The summed E-state index contributed by atoms with van der Waals surface area (Å²) in [6.45, 7) is 8.91. The second kappa shape index (κ2) is 18.9. The standard InChI is InChI=1S/C38H52N6O7S/c1-6-28(4)36(44-20-19-42(38(44)47)24-31-13-10-14-32(40-31)26-51-5)37(46)41-34(21-29-11-8-7-9-12-29)35(45)25-43(23-27(2)3)52(49,50)33-17-15-30(16-18-33)22-39-48/h7-18,22,27-28,34-36,45,48H,6,19-21,23-26H2,1-5H3,(H,41,46)/b39-22+/t28-,34-,35+,36-/m0/s1. The average Bonchev–Trinajstić information content (AvgIpc) is 3.47. The number of ether oxygens (including phenoxy) is 1. The number of hydrogen-bond donors (Lipinski definition) is 3. The lowest BCUT2D eigenvalue weighted by molar-refractivity contribution is -0.128. The molecule has 2 aromatic carbocycles. The van der Waals surface area contributed by atoms with Crippen LogP contribution in [-0.4, -0.2) is 107 Å². The maximum atomic E-state index is 14.3. The van der Waals surface area contributed by atoms with E-state index in [0.29, 0.717) is 31.7 Å². The van der Waals surface area contributed by atoms with E-state index in [9.17, 15) is 23.1 Å². The molecular weight excluding hydrogens is 685 g/mol. The van der Waals surface area contributed by atoms with Gasteiger partial charge in [0, 0.05) is 33.3 Å². The van der Waals surface area contributed by atoms with E-state index in [1.54, 1.807) is 16.9 Å². The maximum Gasteiger partial charge on any atom is 0.321 e. The van der Waals surface area contributed by atoms with Crippen LogP contribution in [0, 0.1) is 11.8 Å². The van der Waals surface area contributed by atoms with E-state index in [0.717, 1.165) is 17.0 Å². The van der Waals surface area contributed by atoms with Gasteiger partial charge in [0.05, 0.1) is 47.8 Å². The highest BCUT2D eigenvalue weighted by molar-refractivity contribution is 7.89. The number of nitrogens with one attached hydrogen (secondary N) is 1. The van der Waals surface area contributed by atoms with E-state index in [1.165, 1.54) is 34.8 Å².